The molecule has 0 spiro atoms. The second kappa shape index (κ2) is 12.9. The van der Waals surface area contributed by atoms with E-state index in [1.54, 1.807) is 0 Å². The lowest BCUT2D eigenvalue weighted by Gasteiger charge is -2.40. The Hall–Kier alpha value is -5.32. The third-order valence-electron chi connectivity index (χ3n) is 11.6. The highest BCUT2D eigenvalue weighted by molar-refractivity contribution is 6.03. The van der Waals surface area contributed by atoms with Crippen LogP contribution < -0.4 is 15.0 Å². The van der Waals surface area contributed by atoms with Crippen LogP contribution in [0.3, 0.4) is 0 Å². The molecule has 6 heterocycles. The summed E-state index contributed by atoms with van der Waals surface area (Å²) in [6, 6.07) is 14.9. The molecule has 5 aromatic rings. The highest BCUT2D eigenvalue weighted by atomic mass is 19.3. The Labute approximate surface area is 307 Å². The third-order valence-corrected chi connectivity index (χ3v) is 11.6. The van der Waals surface area contributed by atoms with E-state index in [1.807, 2.05) is 35.2 Å². The summed E-state index contributed by atoms with van der Waals surface area (Å²) in [5.74, 6) is 0.765. The van der Waals surface area contributed by atoms with Crippen molar-refractivity contribution in [1.29, 1.82) is 0 Å². The topological polar surface area (TPSA) is 86.6 Å². The molecule has 13 heteroatoms. The summed E-state index contributed by atoms with van der Waals surface area (Å²) in [6.45, 7) is 0.781. The number of terminal acetylenes is 1. The molecule has 8 nitrogen and oxygen atoms in total. The Morgan fingerprint density at radius 1 is 1.07 bits per heavy atom. The summed E-state index contributed by atoms with van der Waals surface area (Å²) in [4.78, 5) is 17.8. The average Bonchev–Trinajstić information content (AvgIpc) is 3.77. The number of hydrogen-bond acceptors (Lipinski definition) is 8. The zero-order valence-corrected chi connectivity index (χ0v) is 29.0. The molecule has 0 aliphatic carbocycles. The fourth-order valence-electron chi connectivity index (χ4n) is 9.41. The highest BCUT2D eigenvalue weighted by Crippen LogP contribution is 2.50. The first kappa shape index (κ1) is 34.4. The van der Waals surface area contributed by atoms with Crippen molar-refractivity contribution in [2.75, 3.05) is 31.1 Å². The number of nitrogens with one attached hydrogen (secondary N) is 1. The Morgan fingerprint density at radius 3 is 2.70 bits per heavy atom. The van der Waals surface area contributed by atoms with Crippen LogP contribution in [-0.4, -0.2) is 74.5 Å². The van der Waals surface area contributed by atoms with E-state index in [1.165, 1.54) is 30.5 Å². The van der Waals surface area contributed by atoms with E-state index in [2.05, 4.69) is 26.1 Å². The lowest BCUT2D eigenvalue weighted by Crippen LogP contribution is -2.59. The summed E-state index contributed by atoms with van der Waals surface area (Å²) in [5.41, 5.74) is -1.09. The molecule has 3 aromatic carbocycles. The summed E-state index contributed by atoms with van der Waals surface area (Å²) in [5, 5.41) is 14.7. The summed E-state index contributed by atoms with van der Waals surface area (Å²) >= 11 is 0. The molecular formula is C41H35F5N6O2. The van der Waals surface area contributed by atoms with Gasteiger partial charge in [0.25, 0.3) is 6.08 Å². The predicted molar refractivity (Wildman–Crippen MR) is 194 cm³/mol. The Morgan fingerprint density at radius 2 is 1.91 bits per heavy atom. The first-order chi connectivity index (χ1) is 26.0. The molecule has 5 atom stereocenters. The molecule has 4 aliphatic rings. The van der Waals surface area contributed by atoms with Gasteiger partial charge in [-0.3, -0.25) is 9.88 Å². The number of nitrogens with zero attached hydrogens (tertiary/aromatic N) is 5. The number of alkyl halides is 1. The number of piperazine rings is 1. The van der Waals surface area contributed by atoms with E-state index in [-0.39, 0.29) is 88.9 Å². The number of pyridine rings is 1. The van der Waals surface area contributed by atoms with Gasteiger partial charge in [-0.15, -0.1) is 6.42 Å². The predicted octanol–water partition coefficient (Wildman–Crippen LogP) is 7.60. The largest absolute Gasteiger partial charge is 0.508 e. The number of hydrogen-bond donors (Lipinski definition) is 2. The number of rotatable bonds is 7. The van der Waals surface area contributed by atoms with E-state index in [9.17, 15) is 18.3 Å². The van der Waals surface area contributed by atoms with Gasteiger partial charge in [-0.05, 0) is 54.8 Å². The minimum Gasteiger partial charge on any atom is -0.508 e. The van der Waals surface area contributed by atoms with Crippen LogP contribution in [0.15, 0.2) is 73.0 Å². The van der Waals surface area contributed by atoms with Crippen molar-refractivity contribution in [2.24, 2.45) is 0 Å². The highest BCUT2D eigenvalue weighted by Gasteiger charge is 2.54. The molecule has 2 unspecified atom stereocenters. The standard InChI is InChI=1S/C41H35F5N6O2/c1-2-28-31(43)9-8-24-14-27(53)15-29(34(24)28)36-35(46)37-30(18-47-36)38(51-20-26-10-12-40(21-51,50-26)17-33(44)45)49-39(48-37)54-22-41-13-11-32(23-6-4-3-5-7-23)52(41)19-25(42)16-41/h1,3-9,14-15,17-18,25-26,32,50,53H,10-13,16,19-22H2/t25-,26?,32+,40?,41-/m0/s1. The van der Waals surface area contributed by atoms with Crippen LogP contribution in [0.2, 0.25) is 0 Å². The van der Waals surface area contributed by atoms with Gasteiger partial charge >= 0.3 is 6.01 Å². The van der Waals surface area contributed by atoms with Crippen molar-refractivity contribution in [1.82, 2.24) is 25.2 Å². The smallest absolute Gasteiger partial charge is 0.319 e. The number of benzene rings is 3. The Balaban J connectivity index is 1.16. The van der Waals surface area contributed by atoms with Gasteiger partial charge < -0.3 is 20.1 Å². The van der Waals surface area contributed by atoms with E-state index in [0.29, 0.717) is 31.2 Å². The summed E-state index contributed by atoms with van der Waals surface area (Å²) < 4.78 is 81.1. The summed E-state index contributed by atoms with van der Waals surface area (Å²) in [6.07, 6.45) is 7.97. The van der Waals surface area contributed by atoms with Crippen LogP contribution in [0.4, 0.5) is 27.8 Å². The molecule has 4 aliphatic heterocycles. The van der Waals surface area contributed by atoms with Crippen molar-refractivity contribution in [3.05, 3.63) is 95.7 Å². The molecule has 0 saturated carbocycles. The molecule has 276 valence electrons. The van der Waals surface area contributed by atoms with Gasteiger partial charge in [-0.1, -0.05) is 42.3 Å². The third kappa shape index (κ3) is 5.70. The number of halogens is 5. The van der Waals surface area contributed by atoms with Crippen molar-refractivity contribution in [2.45, 2.75) is 61.4 Å². The molecule has 54 heavy (non-hydrogen) atoms. The van der Waals surface area contributed by atoms with E-state index < -0.39 is 35.0 Å². The molecule has 2 aromatic heterocycles. The fraction of sp³-hybridized carbons (Fsp3) is 0.341. The number of phenols is 1. The first-order valence-corrected chi connectivity index (χ1v) is 18.0. The van der Waals surface area contributed by atoms with E-state index in [4.69, 9.17) is 16.1 Å². The monoisotopic (exact) mass is 738 g/mol. The Bertz CT molecular complexity index is 2390. The zero-order chi connectivity index (χ0) is 37.4. The summed E-state index contributed by atoms with van der Waals surface area (Å²) in [7, 11) is 0. The van der Waals surface area contributed by atoms with Gasteiger partial charge in [0, 0.05) is 61.4 Å². The normalized spacial score (nSPS) is 26.3. The number of aromatic hydroxyl groups is 1. The Kier molecular flexibility index (Phi) is 8.24. The van der Waals surface area contributed by atoms with E-state index >= 15 is 8.78 Å². The van der Waals surface area contributed by atoms with Crippen molar-refractivity contribution < 1.29 is 31.8 Å². The number of fused-ring (bicyclic) bond motifs is 5. The van der Waals surface area contributed by atoms with Crippen LogP contribution in [0.25, 0.3) is 32.9 Å². The molecule has 4 fully saturated rings. The lowest BCUT2D eigenvalue weighted by atomic mass is 9.94. The molecule has 4 saturated heterocycles. The molecular weight excluding hydrogens is 703 g/mol. The lowest BCUT2D eigenvalue weighted by molar-refractivity contribution is 0.0845. The molecule has 2 N–H and O–H groups in total. The van der Waals surface area contributed by atoms with Crippen LogP contribution in [-0.2, 0) is 0 Å². The van der Waals surface area contributed by atoms with Gasteiger partial charge in [-0.25, -0.2) is 13.2 Å². The zero-order valence-electron chi connectivity index (χ0n) is 29.0. The molecule has 0 radical (unpaired) electrons. The number of phenolic OH excluding ortho intramolecular Hbond substituents is 1. The number of ether oxygens (including phenoxy) is 1. The molecule has 0 amide bonds. The number of anilines is 1. The maximum atomic E-state index is 17.1. The van der Waals surface area contributed by atoms with Crippen molar-refractivity contribution >= 4 is 27.5 Å². The van der Waals surface area contributed by atoms with Gasteiger partial charge in [0.1, 0.15) is 41.4 Å². The van der Waals surface area contributed by atoms with Crippen LogP contribution >= 0.6 is 0 Å². The maximum Gasteiger partial charge on any atom is 0.319 e. The molecule has 9 rings (SSSR count). The second-order valence-corrected chi connectivity index (χ2v) is 15.0. The van der Waals surface area contributed by atoms with Gasteiger partial charge in [0.05, 0.1) is 22.0 Å². The maximum absolute atomic E-state index is 17.1. The first-order valence-electron chi connectivity index (χ1n) is 18.0. The average molecular weight is 739 g/mol. The van der Waals surface area contributed by atoms with Gasteiger partial charge in [0.2, 0.25) is 0 Å². The quantitative estimate of drug-likeness (QED) is 0.131. The van der Waals surface area contributed by atoms with Crippen LogP contribution in [0, 0.1) is 24.0 Å². The van der Waals surface area contributed by atoms with Crippen molar-refractivity contribution in [3.8, 4) is 35.4 Å². The fourth-order valence-corrected chi connectivity index (χ4v) is 9.41. The minimum atomic E-state index is -1.81. The molecule has 2 bridgehead atoms. The van der Waals surface area contributed by atoms with Gasteiger partial charge in [0.15, 0.2) is 5.82 Å². The minimum absolute atomic E-state index is 0.000953. The van der Waals surface area contributed by atoms with Crippen molar-refractivity contribution in [3.63, 3.8) is 0 Å². The second-order valence-electron chi connectivity index (χ2n) is 15.0. The van der Waals surface area contributed by atoms with Crippen LogP contribution in [0.1, 0.15) is 49.3 Å². The van der Waals surface area contributed by atoms with E-state index in [0.717, 1.165) is 18.1 Å². The number of aromatic nitrogens is 3. The van der Waals surface area contributed by atoms with Gasteiger partial charge in [-0.2, -0.15) is 18.7 Å². The van der Waals surface area contributed by atoms with Crippen LogP contribution in [0.5, 0.6) is 11.8 Å². The SMILES string of the molecule is C#Cc1c(F)ccc2cc(O)cc(-c3ncc4c(N5CC6CCC(C=C(F)F)(C5)N6)nc(OC[C@@]56CC[C@H](c7ccccc7)N5C[C@@H](F)C6)nc4c3F)c12.